The number of hydrogen-bond donors (Lipinski definition) is 2. The number of carbonyl (C=O) groups is 1. The Morgan fingerprint density at radius 1 is 1.43 bits per heavy atom. The average molecular weight is 356 g/mol. The van der Waals surface area contributed by atoms with Crippen LogP contribution in [0.5, 0.6) is 0 Å². The van der Waals surface area contributed by atoms with Crippen LogP contribution in [0.2, 0.25) is 0 Å². The molecular formula is C14H14F2N4OS2. The molecule has 2 rings (SSSR count). The zero-order valence-electron chi connectivity index (χ0n) is 12.2. The van der Waals surface area contributed by atoms with Crippen LogP contribution in [0.4, 0.5) is 19.6 Å². The van der Waals surface area contributed by atoms with Crippen LogP contribution in [-0.2, 0) is 4.79 Å². The number of rotatable bonds is 7. The Balaban J connectivity index is 1.97. The monoisotopic (exact) mass is 356 g/mol. The SMILES string of the molecule is C=CCNc1nnc(SC(C)C(=O)Nc2c(F)cccc2F)s1. The van der Waals surface area contributed by atoms with Crippen LogP contribution < -0.4 is 10.6 Å². The molecule has 1 atom stereocenters. The molecule has 1 aromatic heterocycles. The molecule has 1 heterocycles. The minimum Gasteiger partial charge on any atom is -0.357 e. The molecule has 1 unspecified atom stereocenters. The molecule has 0 bridgehead atoms. The van der Waals surface area contributed by atoms with E-state index in [1.165, 1.54) is 17.4 Å². The minimum absolute atomic E-state index is 0.449. The van der Waals surface area contributed by atoms with Gasteiger partial charge in [0.25, 0.3) is 0 Å². The quantitative estimate of drug-likeness (QED) is 0.587. The molecule has 0 radical (unpaired) electrons. The maximum atomic E-state index is 13.5. The summed E-state index contributed by atoms with van der Waals surface area (Å²) in [5, 5.41) is 13.1. The minimum atomic E-state index is -0.817. The van der Waals surface area contributed by atoms with E-state index in [2.05, 4.69) is 27.4 Å². The molecule has 0 fully saturated rings. The number of nitrogens with zero attached hydrogens (tertiary/aromatic N) is 2. The van der Waals surface area contributed by atoms with Crippen molar-refractivity contribution in [2.45, 2.75) is 16.5 Å². The number of amides is 1. The highest BCUT2D eigenvalue weighted by molar-refractivity contribution is 8.02. The van der Waals surface area contributed by atoms with Gasteiger partial charge in [-0.15, -0.1) is 16.8 Å². The third-order valence-electron chi connectivity index (χ3n) is 2.66. The number of hydrogen-bond acceptors (Lipinski definition) is 6. The van der Waals surface area contributed by atoms with Crippen molar-refractivity contribution in [2.24, 2.45) is 0 Å². The standard InChI is InChI=1S/C14H14F2N4OS2/c1-3-7-17-13-19-20-14(23-13)22-8(2)12(21)18-11-9(15)5-4-6-10(11)16/h3-6,8H,1,7H2,2H3,(H,17,19)(H,18,21). The van der Waals surface area contributed by atoms with Gasteiger partial charge in [0.15, 0.2) is 4.34 Å². The zero-order valence-corrected chi connectivity index (χ0v) is 13.8. The first-order valence-electron chi connectivity index (χ1n) is 6.61. The van der Waals surface area contributed by atoms with Crippen LogP contribution in [0.15, 0.2) is 35.2 Å². The molecule has 1 aromatic carbocycles. The Morgan fingerprint density at radius 2 is 2.13 bits per heavy atom. The molecule has 0 aliphatic carbocycles. The van der Waals surface area contributed by atoms with Gasteiger partial charge in [0, 0.05) is 6.54 Å². The Kier molecular flexibility index (Phi) is 6.05. The molecule has 0 saturated heterocycles. The summed E-state index contributed by atoms with van der Waals surface area (Å²) in [7, 11) is 0. The van der Waals surface area contributed by atoms with Crippen molar-refractivity contribution in [1.82, 2.24) is 10.2 Å². The number of nitrogens with one attached hydrogen (secondary N) is 2. The van der Waals surface area contributed by atoms with E-state index in [1.54, 1.807) is 13.0 Å². The molecule has 9 heteroatoms. The molecule has 0 saturated carbocycles. The van der Waals surface area contributed by atoms with Gasteiger partial charge in [0.1, 0.15) is 17.3 Å². The van der Waals surface area contributed by atoms with E-state index in [1.807, 2.05) is 0 Å². The van der Waals surface area contributed by atoms with Gasteiger partial charge < -0.3 is 10.6 Å². The van der Waals surface area contributed by atoms with E-state index in [0.717, 1.165) is 23.9 Å². The fraction of sp³-hybridized carbons (Fsp3) is 0.214. The smallest absolute Gasteiger partial charge is 0.237 e. The lowest BCUT2D eigenvalue weighted by atomic mass is 10.3. The highest BCUT2D eigenvalue weighted by Crippen LogP contribution is 2.29. The van der Waals surface area contributed by atoms with Gasteiger partial charge in [-0.05, 0) is 19.1 Å². The maximum absolute atomic E-state index is 13.5. The predicted molar refractivity (Wildman–Crippen MR) is 88.9 cm³/mol. The number of thioether (sulfide) groups is 1. The predicted octanol–water partition coefficient (Wildman–Crippen LogP) is 3.53. The van der Waals surface area contributed by atoms with Crippen molar-refractivity contribution in [3.8, 4) is 0 Å². The van der Waals surface area contributed by atoms with Crippen molar-refractivity contribution in [2.75, 3.05) is 17.2 Å². The number of aromatic nitrogens is 2. The van der Waals surface area contributed by atoms with Gasteiger partial charge in [-0.25, -0.2) is 8.78 Å². The third kappa shape index (κ3) is 4.73. The fourth-order valence-electron chi connectivity index (χ4n) is 1.54. The Hall–Kier alpha value is -2.00. The number of carbonyl (C=O) groups excluding carboxylic acids is 1. The van der Waals surface area contributed by atoms with Crippen LogP contribution in [-0.4, -0.2) is 27.9 Å². The molecular weight excluding hydrogens is 342 g/mol. The van der Waals surface area contributed by atoms with Crippen molar-refractivity contribution < 1.29 is 13.6 Å². The lowest BCUT2D eigenvalue weighted by Gasteiger charge is -2.11. The first kappa shape index (κ1) is 17.4. The Bertz CT molecular complexity index is 688. The van der Waals surface area contributed by atoms with Crippen molar-refractivity contribution in [3.63, 3.8) is 0 Å². The normalized spacial score (nSPS) is 11.8. The molecule has 5 nitrogen and oxygen atoms in total. The van der Waals surface area contributed by atoms with Crippen molar-refractivity contribution in [1.29, 1.82) is 0 Å². The van der Waals surface area contributed by atoms with Gasteiger partial charge in [-0.1, -0.05) is 35.2 Å². The van der Waals surface area contributed by atoms with Crippen LogP contribution in [0.25, 0.3) is 0 Å². The molecule has 1 amide bonds. The summed E-state index contributed by atoms with van der Waals surface area (Å²) in [4.78, 5) is 12.1. The van der Waals surface area contributed by atoms with Gasteiger partial charge in [-0.3, -0.25) is 4.79 Å². The molecule has 0 spiro atoms. The van der Waals surface area contributed by atoms with E-state index >= 15 is 0 Å². The number of anilines is 2. The highest BCUT2D eigenvalue weighted by Gasteiger charge is 2.20. The second-order valence-electron chi connectivity index (χ2n) is 4.39. The summed E-state index contributed by atoms with van der Waals surface area (Å²) in [6.07, 6.45) is 1.69. The second kappa shape index (κ2) is 8.02. The lowest BCUT2D eigenvalue weighted by Crippen LogP contribution is -2.23. The number of para-hydroxylation sites is 1. The van der Waals surface area contributed by atoms with Gasteiger partial charge in [-0.2, -0.15) is 0 Å². The molecule has 2 aromatic rings. The number of benzene rings is 1. The summed E-state index contributed by atoms with van der Waals surface area (Å²) in [6, 6.07) is 3.40. The first-order valence-corrected chi connectivity index (χ1v) is 8.30. The van der Waals surface area contributed by atoms with Crippen molar-refractivity contribution >= 4 is 39.8 Å². The Morgan fingerprint density at radius 3 is 2.78 bits per heavy atom. The molecule has 0 aliphatic rings. The summed E-state index contributed by atoms with van der Waals surface area (Å²) >= 11 is 2.44. The van der Waals surface area contributed by atoms with Crippen LogP contribution in [0.1, 0.15) is 6.92 Å². The first-order chi connectivity index (χ1) is 11.0. The molecule has 23 heavy (non-hydrogen) atoms. The Labute approximate surface area is 140 Å². The summed E-state index contributed by atoms with van der Waals surface area (Å²) in [5.41, 5.74) is -0.449. The van der Waals surface area contributed by atoms with Crippen LogP contribution in [0.3, 0.4) is 0 Å². The van der Waals surface area contributed by atoms with Crippen LogP contribution >= 0.6 is 23.1 Å². The van der Waals surface area contributed by atoms with Crippen LogP contribution in [0, 0.1) is 11.6 Å². The van der Waals surface area contributed by atoms with E-state index in [4.69, 9.17) is 0 Å². The lowest BCUT2D eigenvalue weighted by molar-refractivity contribution is -0.115. The van der Waals surface area contributed by atoms with Gasteiger partial charge in [0.05, 0.1) is 5.25 Å². The topological polar surface area (TPSA) is 66.9 Å². The van der Waals surface area contributed by atoms with Gasteiger partial charge >= 0.3 is 0 Å². The van der Waals surface area contributed by atoms with Crippen molar-refractivity contribution in [3.05, 3.63) is 42.5 Å². The summed E-state index contributed by atoms with van der Waals surface area (Å²) in [5.74, 6) is -2.15. The van der Waals surface area contributed by atoms with E-state index in [-0.39, 0.29) is 0 Å². The summed E-state index contributed by atoms with van der Waals surface area (Å²) in [6.45, 7) is 5.76. The summed E-state index contributed by atoms with van der Waals surface area (Å²) < 4.78 is 27.6. The van der Waals surface area contributed by atoms with E-state index < -0.39 is 28.5 Å². The van der Waals surface area contributed by atoms with E-state index in [9.17, 15) is 13.6 Å². The molecule has 0 aliphatic heterocycles. The average Bonchev–Trinajstić information content (AvgIpc) is 2.96. The fourth-order valence-corrected chi connectivity index (χ4v) is 3.44. The highest BCUT2D eigenvalue weighted by atomic mass is 32.2. The van der Waals surface area contributed by atoms with E-state index in [0.29, 0.717) is 16.0 Å². The second-order valence-corrected chi connectivity index (χ2v) is 6.95. The number of halogens is 2. The third-order valence-corrected chi connectivity index (χ3v) is 4.73. The molecule has 122 valence electrons. The maximum Gasteiger partial charge on any atom is 0.237 e. The zero-order chi connectivity index (χ0) is 16.8. The molecule has 2 N–H and O–H groups in total. The largest absolute Gasteiger partial charge is 0.357 e. The van der Waals surface area contributed by atoms with Gasteiger partial charge in [0.2, 0.25) is 11.0 Å².